The van der Waals surface area contributed by atoms with E-state index in [1.165, 1.54) is 13.8 Å². The van der Waals surface area contributed by atoms with Gasteiger partial charge in [-0.1, -0.05) is 6.58 Å². The van der Waals surface area contributed by atoms with Crippen LogP contribution in [0.5, 0.6) is 0 Å². The van der Waals surface area contributed by atoms with Gasteiger partial charge in [-0.3, -0.25) is 0 Å². The number of esters is 1. The second kappa shape index (κ2) is 5.07. The number of halogens is 5. The van der Waals surface area contributed by atoms with E-state index in [0.29, 0.717) is 0 Å². The van der Waals surface area contributed by atoms with Crippen molar-refractivity contribution < 1.29 is 36.2 Å². The highest BCUT2D eigenvalue weighted by molar-refractivity contribution is 5.87. The molecule has 1 aliphatic rings. The molecule has 0 radical (unpaired) electrons. The quantitative estimate of drug-likeness (QED) is 0.453. The Hall–Kier alpha value is -1.18. The standard InChI is InChI=1S/C11H13F5O3/c1-5(2)9(17)19-6(3)7-4-18-8(7)10(12,13)11(14,15)16/h6-8H,1,4H2,2-3H3. The van der Waals surface area contributed by atoms with Crippen LogP contribution in [-0.4, -0.2) is 36.9 Å². The fourth-order valence-electron chi connectivity index (χ4n) is 1.58. The van der Waals surface area contributed by atoms with Crippen LogP contribution in [0.2, 0.25) is 0 Å². The summed E-state index contributed by atoms with van der Waals surface area (Å²) >= 11 is 0. The minimum absolute atomic E-state index is 0.0335. The average molecular weight is 288 g/mol. The number of ether oxygens (including phenoxy) is 2. The summed E-state index contributed by atoms with van der Waals surface area (Å²) in [6.07, 6.45) is -9.15. The van der Waals surface area contributed by atoms with E-state index in [-0.39, 0.29) is 12.2 Å². The lowest BCUT2D eigenvalue weighted by Gasteiger charge is -2.43. The molecule has 0 spiro atoms. The van der Waals surface area contributed by atoms with Gasteiger partial charge in [-0.25, -0.2) is 4.79 Å². The second-order valence-electron chi connectivity index (χ2n) is 4.43. The van der Waals surface area contributed by atoms with E-state index >= 15 is 0 Å². The van der Waals surface area contributed by atoms with E-state index in [0.717, 1.165) is 0 Å². The van der Waals surface area contributed by atoms with E-state index in [2.05, 4.69) is 11.3 Å². The molecule has 1 fully saturated rings. The predicted octanol–water partition coefficient (Wildman–Crippen LogP) is 2.71. The Morgan fingerprint density at radius 1 is 1.37 bits per heavy atom. The normalized spacial score (nSPS) is 25.4. The molecule has 0 N–H and O–H groups in total. The fourth-order valence-corrected chi connectivity index (χ4v) is 1.58. The zero-order valence-electron chi connectivity index (χ0n) is 10.3. The molecule has 110 valence electrons. The van der Waals surface area contributed by atoms with Crippen LogP contribution in [0.1, 0.15) is 13.8 Å². The summed E-state index contributed by atoms with van der Waals surface area (Å²) in [6, 6.07) is 0. The van der Waals surface area contributed by atoms with Gasteiger partial charge in [-0.05, 0) is 13.8 Å². The van der Waals surface area contributed by atoms with Crippen molar-refractivity contribution in [3.63, 3.8) is 0 Å². The van der Waals surface area contributed by atoms with Crippen LogP contribution in [0.4, 0.5) is 22.0 Å². The number of carbonyl (C=O) groups is 1. The second-order valence-corrected chi connectivity index (χ2v) is 4.43. The largest absolute Gasteiger partial charge is 0.459 e. The topological polar surface area (TPSA) is 35.5 Å². The van der Waals surface area contributed by atoms with E-state index in [1.807, 2.05) is 0 Å². The summed E-state index contributed by atoms with van der Waals surface area (Å²) in [6.45, 7) is 5.55. The minimum atomic E-state index is -5.70. The van der Waals surface area contributed by atoms with Crippen molar-refractivity contribution in [3.05, 3.63) is 12.2 Å². The van der Waals surface area contributed by atoms with Gasteiger partial charge in [0.1, 0.15) is 12.2 Å². The molecule has 0 aliphatic carbocycles. The van der Waals surface area contributed by atoms with Gasteiger partial charge in [0.25, 0.3) is 0 Å². The van der Waals surface area contributed by atoms with E-state index < -0.39 is 36.2 Å². The van der Waals surface area contributed by atoms with Gasteiger partial charge in [0.15, 0.2) is 0 Å². The predicted molar refractivity (Wildman–Crippen MR) is 54.6 cm³/mol. The van der Waals surface area contributed by atoms with E-state index in [4.69, 9.17) is 4.74 Å². The maximum Gasteiger partial charge on any atom is 0.456 e. The zero-order valence-corrected chi connectivity index (χ0v) is 10.3. The Labute approximate surface area is 106 Å². The van der Waals surface area contributed by atoms with Crippen molar-refractivity contribution in [3.8, 4) is 0 Å². The third-order valence-corrected chi connectivity index (χ3v) is 2.84. The first-order valence-corrected chi connectivity index (χ1v) is 5.41. The van der Waals surface area contributed by atoms with Gasteiger partial charge in [0.05, 0.1) is 12.5 Å². The van der Waals surface area contributed by atoms with Gasteiger partial charge >= 0.3 is 18.1 Å². The summed E-state index contributed by atoms with van der Waals surface area (Å²) < 4.78 is 71.7. The van der Waals surface area contributed by atoms with Crippen molar-refractivity contribution in [2.24, 2.45) is 5.92 Å². The van der Waals surface area contributed by atoms with Gasteiger partial charge in [-0.15, -0.1) is 0 Å². The number of carbonyl (C=O) groups excluding carboxylic acids is 1. The van der Waals surface area contributed by atoms with Crippen molar-refractivity contribution >= 4 is 5.97 Å². The summed E-state index contributed by atoms with van der Waals surface area (Å²) in [7, 11) is 0. The number of rotatable bonds is 4. The third-order valence-electron chi connectivity index (χ3n) is 2.84. The fraction of sp³-hybridized carbons (Fsp3) is 0.727. The maximum absolute atomic E-state index is 13.1. The van der Waals surface area contributed by atoms with Gasteiger partial charge < -0.3 is 9.47 Å². The molecule has 1 rings (SSSR count). The molecule has 3 atom stereocenters. The molecule has 19 heavy (non-hydrogen) atoms. The number of hydrogen-bond acceptors (Lipinski definition) is 3. The molecule has 0 aromatic rings. The van der Waals surface area contributed by atoms with Crippen LogP contribution in [0.25, 0.3) is 0 Å². The summed E-state index contributed by atoms with van der Waals surface area (Å²) in [5.41, 5.74) is 0.0335. The number of alkyl halides is 5. The average Bonchev–Trinajstić information content (AvgIpc) is 2.12. The molecule has 1 saturated heterocycles. The Morgan fingerprint density at radius 2 is 1.89 bits per heavy atom. The SMILES string of the molecule is C=C(C)C(=O)OC(C)C1COC1C(F)(F)C(F)(F)F. The Bertz CT molecular complexity index is 377. The summed E-state index contributed by atoms with van der Waals surface area (Å²) in [4.78, 5) is 11.2. The molecule has 0 bridgehead atoms. The molecule has 3 unspecified atom stereocenters. The molecule has 0 amide bonds. The Balaban J connectivity index is 2.72. The number of hydrogen-bond donors (Lipinski definition) is 0. The van der Waals surface area contributed by atoms with E-state index in [9.17, 15) is 26.7 Å². The lowest BCUT2D eigenvalue weighted by Crippen LogP contribution is -2.61. The van der Waals surface area contributed by atoms with Crippen molar-refractivity contribution in [1.82, 2.24) is 0 Å². The first-order chi connectivity index (χ1) is 8.48. The monoisotopic (exact) mass is 288 g/mol. The van der Waals surface area contributed by atoms with Crippen molar-refractivity contribution in [1.29, 1.82) is 0 Å². The van der Waals surface area contributed by atoms with Crippen LogP contribution in [-0.2, 0) is 14.3 Å². The zero-order chi connectivity index (χ0) is 15.0. The lowest BCUT2D eigenvalue weighted by atomic mass is 9.88. The van der Waals surface area contributed by atoms with Crippen LogP contribution in [0.3, 0.4) is 0 Å². The Morgan fingerprint density at radius 3 is 2.21 bits per heavy atom. The first-order valence-electron chi connectivity index (χ1n) is 5.41. The van der Waals surface area contributed by atoms with E-state index in [1.54, 1.807) is 0 Å². The lowest BCUT2D eigenvalue weighted by molar-refractivity contribution is -0.357. The molecule has 0 saturated carbocycles. The van der Waals surface area contributed by atoms with Crippen molar-refractivity contribution in [2.75, 3.05) is 6.61 Å². The highest BCUT2D eigenvalue weighted by atomic mass is 19.4. The molecule has 0 aromatic carbocycles. The highest BCUT2D eigenvalue weighted by Gasteiger charge is 2.68. The Kier molecular flexibility index (Phi) is 4.23. The molecular formula is C11H13F5O3. The maximum atomic E-state index is 13.1. The van der Waals surface area contributed by atoms with Crippen LogP contribution in [0, 0.1) is 5.92 Å². The van der Waals surface area contributed by atoms with Crippen LogP contribution in [0.15, 0.2) is 12.2 Å². The molecule has 1 heterocycles. The van der Waals surface area contributed by atoms with Crippen LogP contribution >= 0.6 is 0 Å². The smallest absolute Gasteiger partial charge is 0.456 e. The molecule has 1 aliphatic heterocycles. The van der Waals surface area contributed by atoms with Gasteiger partial charge in [-0.2, -0.15) is 22.0 Å². The first kappa shape index (κ1) is 15.9. The molecule has 0 aromatic heterocycles. The van der Waals surface area contributed by atoms with Gasteiger partial charge in [0.2, 0.25) is 0 Å². The molecular weight excluding hydrogens is 275 g/mol. The highest BCUT2D eigenvalue weighted by Crippen LogP contribution is 2.46. The minimum Gasteiger partial charge on any atom is -0.459 e. The molecule has 3 nitrogen and oxygen atoms in total. The van der Waals surface area contributed by atoms with Gasteiger partial charge in [0, 0.05) is 5.57 Å². The summed E-state index contributed by atoms with van der Waals surface area (Å²) in [5, 5.41) is 0. The molecule has 8 heteroatoms. The third kappa shape index (κ3) is 3.05. The summed E-state index contributed by atoms with van der Waals surface area (Å²) in [5.74, 6) is -7.02. The van der Waals surface area contributed by atoms with Crippen molar-refractivity contribution in [2.45, 2.75) is 38.2 Å². The van der Waals surface area contributed by atoms with Crippen LogP contribution < -0.4 is 0 Å².